The fourth-order valence-electron chi connectivity index (χ4n) is 2.01. The van der Waals surface area contributed by atoms with Gasteiger partial charge in [0.15, 0.2) is 5.79 Å². The number of carboxylic acid groups (broad SMARTS) is 1. The first-order valence-electron chi connectivity index (χ1n) is 5.12. The van der Waals surface area contributed by atoms with Crippen molar-refractivity contribution in [2.45, 2.75) is 25.0 Å². The van der Waals surface area contributed by atoms with Gasteiger partial charge in [0.25, 0.3) is 0 Å². The number of carboxylic acids is 1. The van der Waals surface area contributed by atoms with Crippen LogP contribution in [0.1, 0.15) is 19.3 Å². The molecule has 1 heterocycles. The van der Waals surface area contributed by atoms with Gasteiger partial charge in [0.1, 0.15) is 0 Å². The molecule has 0 aromatic rings. The molecular formula is C11H14O4. The topological polar surface area (TPSA) is 55.8 Å². The van der Waals surface area contributed by atoms with Gasteiger partial charge in [-0.1, -0.05) is 6.08 Å². The maximum Gasteiger partial charge on any atom is 0.328 e. The number of carbonyl (C=O) groups is 1. The average molecular weight is 210 g/mol. The van der Waals surface area contributed by atoms with Crippen molar-refractivity contribution >= 4 is 5.97 Å². The smallest absolute Gasteiger partial charge is 0.328 e. The Morgan fingerprint density at radius 2 is 2.20 bits per heavy atom. The fourth-order valence-corrected chi connectivity index (χ4v) is 2.01. The number of allylic oxidation sites excluding steroid dienone is 1. The molecule has 2 aliphatic rings. The third-order valence-electron chi connectivity index (χ3n) is 2.67. The van der Waals surface area contributed by atoms with E-state index in [0.29, 0.717) is 13.2 Å². The lowest BCUT2D eigenvalue weighted by molar-refractivity contribution is -0.132. The first-order valence-corrected chi connectivity index (χ1v) is 5.12. The van der Waals surface area contributed by atoms with E-state index in [0.717, 1.165) is 30.9 Å². The molecule has 1 fully saturated rings. The van der Waals surface area contributed by atoms with Crippen molar-refractivity contribution < 1.29 is 19.4 Å². The van der Waals surface area contributed by atoms with Gasteiger partial charge in [-0.25, -0.2) is 4.79 Å². The van der Waals surface area contributed by atoms with Crippen LogP contribution < -0.4 is 0 Å². The Hall–Kier alpha value is -1.13. The largest absolute Gasteiger partial charge is 0.478 e. The zero-order valence-corrected chi connectivity index (χ0v) is 8.44. The normalized spacial score (nSPS) is 24.7. The highest BCUT2D eigenvalue weighted by atomic mass is 16.7. The highest BCUT2D eigenvalue weighted by Gasteiger charge is 2.40. The second kappa shape index (κ2) is 4.16. The molecule has 2 rings (SSSR count). The van der Waals surface area contributed by atoms with Crippen molar-refractivity contribution in [1.82, 2.24) is 0 Å². The third kappa shape index (κ3) is 2.11. The van der Waals surface area contributed by atoms with Gasteiger partial charge in [0.2, 0.25) is 0 Å². The van der Waals surface area contributed by atoms with Gasteiger partial charge in [-0.05, 0) is 18.9 Å². The molecule has 82 valence electrons. The highest BCUT2D eigenvalue weighted by molar-refractivity contribution is 5.80. The lowest BCUT2D eigenvalue weighted by Gasteiger charge is -2.31. The molecule has 1 aliphatic carbocycles. The van der Waals surface area contributed by atoms with Crippen LogP contribution >= 0.6 is 0 Å². The monoisotopic (exact) mass is 210 g/mol. The predicted octanol–water partition coefficient (Wildman–Crippen LogP) is 1.48. The van der Waals surface area contributed by atoms with E-state index in [1.807, 2.05) is 6.08 Å². The zero-order chi connectivity index (χ0) is 10.7. The van der Waals surface area contributed by atoms with Crippen LogP contribution in [0.15, 0.2) is 23.8 Å². The molecule has 4 heteroatoms. The van der Waals surface area contributed by atoms with E-state index < -0.39 is 11.8 Å². The molecule has 0 aromatic carbocycles. The number of rotatable bonds is 2. The van der Waals surface area contributed by atoms with Crippen molar-refractivity contribution in [2.24, 2.45) is 0 Å². The predicted molar refractivity (Wildman–Crippen MR) is 53.3 cm³/mol. The van der Waals surface area contributed by atoms with E-state index in [9.17, 15) is 4.79 Å². The maximum absolute atomic E-state index is 10.4. The Bertz CT molecular complexity index is 311. The molecule has 0 saturated carbocycles. The van der Waals surface area contributed by atoms with Crippen molar-refractivity contribution in [2.75, 3.05) is 13.2 Å². The van der Waals surface area contributed by atoms with Gasteiger partial charge in [0.05, 0.1) is 13.2 Å². The molecule has 1 aliphatic heterocycles. The lowest BCUT2D eigenvalue weighted by atomic mass is 9.92. The van der Waals surface area contributed by atoms with Gasteiger partial charge >= 0.3 is 5.97 Å². The summed E-state index contributed by atoms with van der Waals surface area (Å²) in [6.45, 7) is 1.16. The van der Waals surface area contributed by atoms with Gasteiger partial charge in [-0.3, -0.25) is 0 Å². The number of hydrogen-bond acceptors (Lipinski definition) is 3. The first kappa shape index (κ1) is 10.4. The molecular weight excluding hydrogens is 196 g/mol. The van der Waals surface area contributed by atoms with Crippen LogP contribution in [0.2, 0.25) is 0 Å². The number of hydrogen-bond donors (Lipinski definition) is 1. The van der Waals surface area contributed by atoms with Gasteiger partial charge in [0, 0.05) is 18.1 Å². The van der Waals surface area contributed by atoms with Gasteiger partial charge in [-0.15, -0.1) is 0 Å². The van der Waals surface area contributed by atoms with Crippen LogP contribution in [0.5, 0.6) is 0 Å². The molecule has 1 saturated heterocycles. The Balaban J connectivity index is 2.19. The van der Waals surface area contributed by atoms with Crippen LogP contribution in [-0.4, -0.2) is 30.1 Å². The summed E-state index contributed by atoms with van der Waals surface area (Å²) in [6, 6.07) is 0. The first-order chi connectivity index (χ1) is 7.23. The maximum atomic E-state index is 10.4. The minimum atomic E-state index is -0.949. The van der Waals surface area contributed by atoms with Crippen LogP contribution in [0.3, 0.4) is 0 Å². The summed E-state index contributed by atoms with van der Waals surface area (Å²) < 4.78 is 11.2. The van der Waals surface area contributed by atoms with Crippen LogP contribution in [0.25, 0.3) is 0 Å². The highest BCUT2D eigenvalue weighted by Crippen LogP contribution is 2.37. The van der Waals surface area contributed by atoms with E-state index in [1.54, 1.807) is 6.08 Å². The number of aliphatic carboxylic acids is 1. The summed E-state index contributed by atoms with van der Waals surface area (Å²) in [4.78, 5) is 10.4. The summed E-state index contributed by atoms with van der Waals surface area (Å²) in [5.41, 5.74) is 0.841. The van der Waals surface area contributed by atoms with Gasteiger partial charge < -0.3 is 14.6 Å². The minimum Gasteiger partial charge on any atom is -0.478 e. The molecule has 0 atom stereocenters. The molecule has 1 spiro atoms. The van der Waals surface area contributed by atoms with E-state index in [-0.39, 0.29) is 0 Å². The zero-order valence-electron chi connectivity index (χ0n) is 8.44. The van der Waals surface area contributed by atoms with E-state index in [1.165, 1.54) is 0 Å². The summed E-state index contributed by atoms with van der Waals surface area (Å²) in [5, 5.41) is 8.58. The fraction of sp³-hybridized carbons (Fsp3) is 0.545. The average Bonchev–Trinajstić information content (AvgIpc) is 2.66. The molecule has 0 unspecified atom stereocenters. The quantitative estimate of drug-likeness (QED) is 0.701. The Kier molecular flexibility index (Phi) is 2.88. The molecule has 0 radical (unpaired) electrons. The van der Waals surface area contributed by atoms with Gasteiger partial charge in [-0.2, -0.15) is 0 Å². The van der Waals surface area contributed by atoms with E-state index in [4.69, 9.17) is 14.6 Å². The van der Waals surface area contributed by atoms with Crippen LogP contribution in [0.4, 0.5) is 0 Å². The van der Waals surface area contributed by atoms with E-state index >= 15 is 0 Å². The van der Waals surface area contributed by atoms with Crippen molar-refractivity contribution in [3.63, 3.8) is 0 Å². The van der Waals surface area contributed by atoms with Crippen LogP contribution in [0, 0.1) is 0 Å². The minimum absolute atomic E-state index is 0.582. The van der Waals surface area contributed by atoms with Crippen molar-refractivity contribution in [3.05, 3.63) is 23.8 Å². The molecule has 0 aromatic heterocycles. The molecule has 15 heavy (non-hydrogen) atoms. The summed E-state index contributed by atoms with van der Waals surface area (Å²) in [7, 11) is 0. The second-order valence-electron chi connectivity index (χ2n) is 3.67. The summed E-state index contributed by atoms with van der Waals surface area (Å²) >= 11 is 0. The van der Waals surface area contributed by atoms with Crippen molar-refractivity contribution in [1.29, 1.82) is 0 Å². The standard InChI is InChI=1S/C11H14O4/c12-10(13)5-4-9-3-1-2-6-11(9)14-7-8-15-11/h3-5H,1-2,6-8H2,(H,12,13)/b5-4+. The Morgan fingerprint density at radius 3 is 2.87 bits per heavy atom. The van der Waals surface area contributed by atoms with E-state index in [2.05, 4.69) is 0 Å². The van der Waals surface area contributed by atoms with Crippen LogP contribution in [-0.2, 0) is 14.3 Å². The number of ether oxygens (including phenoxy) is 2. The Morgan fingerprint density at radius 1 is 1.47 bits per heavy atom. The second-order valence-corrected chi connectivity index (χ2v) is 3.67. The molecule has 0 amide bonds. The SMILES string of the molecule is O=C(O)/C=C/C1=CCCCC12OCCO2. The Labute approximate surface area is 88.2 Å². The lowest BCUT2D eigenvalue weighted by Crippen LogP contribution is -2.33. The summed E-state index contributed by atoms with van der Waals surface area (Å²) in [5.74, 6) is -1.61. The van der Waals surface area contributed by atoms with Crippen molar-refractivity contribution in [3.8, 4) is 0 Å². The molecule has 4 nitrogen and oxygen atoms in total. The molecule has 1 N–H and O–H groups in total. The molecule has 0 bridgehead atoms. The summed E-state index contributed by atoms with van der Waals surface area (Å²) in [6.07, 6.45) is 7.48. The third-order valence-corrected chi connectivity index (χ3v) is 2.67.